The first-order valence-corrected chi connectivity index (χ1v) is 13.7. The molecule has 0 spiro atoms. The summed E-state index contributed by atoms with van der Waals surface area (Å²) in [4.78, 5) is 28.8. The molecule has 0 radical (unpaired) electrons. The Balaban J connectivity index is 1.88. The number of carbonyl (C=O) groups is 2. The first-order chi connectivity index (χ1) is 17.8. The topological polar surface area (TPSA) is 58.6 Å². The zero-order valence-electron chi connectivity index (χ0n) is 22.1. The minimum atomic E-state index is -0.681. The SMILES string of the molecule is CC[C@@H](C)NC(=O)[C@@H](Cc1ccccc1)N(Cc1ccc(Br)cc1)C(=O)COc1ccc(C(C)C)cc1. The van der Waals surface area contributed by atoms with Crippen LogP contribution in [0.15, 0.2) is 83.3 Å². The third-order valence-corrected chi connectivity index (χ3v) is 6.98. The number of hydrogen-bond donors (Lipinski definition) is 1. The van der Waals surface area contributed by atoms with Crippen molar-refractivity contribution in [3.8, 4) is 5.75 Å². The van der Waals surface area contributed by atoms with Crippen LogP contribution in [0.3, 0.4) is 0 Å². The first kappa shape index (κ1) is 28.5. The van der Waals surface area contributed by atoms with Crippen LogP contribution in [0.5, 0.6) is 5.75 Å². The molecule has 2 amide bonds. The number of carbonyl (C=O) groups excluding carboxylic acids is 2. The van der Waals surface area contributed by atoms with Crippen molar-refractivity contribution in [3.05, 3.63) is 100 Å². The quantitative estimate of drug-likeness (QED) is 0.273. The molecule has 0 aliphatic rings. The van der Waals surface area contributed by atoms with Crippen molar-refractivity contribution in [2.45, 2.75) is 65.1 Å². The van der Waals surface area contributed by atoms with Gasteiger partial charge in [-0.3, -0.25) is 9.59 Å². The number of rotatable bonds is 12. The third-order valence-electron chi connectivity index (χ3n) is 6.45. The fourth-order valence-electron chi connectivity index (χ4n) is 3.96. The van der Waals surface area contributed by atoms with Crippen molar-refractivity contribution in [2.24, 2.45) is 0 Å². The Hall–Kier alpha value is -3.12. The number of nitrogens with zero attached hydrogens (tertiary/aromatic N) is 1. The Bertz CT molecular complexity index is 1130. The van der Waals surface area contributed by atoms with E-state index < -0.39 is 6.04 Å². The van der Waals surface area contributed by atoms with Gasteiger partial charge in [0, 0.05) is 23.5 Å². The summed E-state index contributed by atoms with van der Waals surface area (Å²) in [5.41, 5.74) is 3.14. The number of nitrogens with one attached hydrogen (secondary N) is 1. The molecule has 0 aromatic heterocycles. The van der Waals surface area contributed by atoms with Gasteiger partial charge in [0.2, 0.25) is 5.91 Å². The Kier molecular flexibility index (Phi) is 10.8. The summed E-state index contributed by atoms with van der Waals surface area (Å²) in [6.45, 7) is 8.42. The molecule has 0 aliphatic heterocycles. The molecule has 0 saturated heterocycles. The van der Waals surface area contributed by atoms with Crippen LogP contribution in [0, 0.1) is 0 Å². The van der Waals surface area contributed by atoms with Gasteiger partial charge >= 0.3 is 0 Å². The zero-order valence-corrected chi connectivity index (χ0v) is 23.7. The maximum Gasteiger partial charge on any atom is 0.261 e. The molecule has 0 saturated carbocycles. The fourth-order valence-corrected chi connectivity index (χ4v) is 4.22. The largest absolute Gasteiger partial charge is 0.484 e. The van der Waals surface area contributed by atoms with Crippen LogP contribution in [0.4, 0.5) is 0 Å². The maximum absolute atomic E-state index is 13.7. The second kappa shape index (κ2) is 14.0. The highest BCUT2D eigenvalue weighted by molar-refractivity contribution is 9.10. The van der Waals surface area contributed by atoms with Gasteiger partial charge in [-0.05, 0) is 60.2 Å². The minimum Gasteiger partial charge on any atom is -0.484 e. The van der Waals surface area contributed by atoms with Gasteiger partial charge in [0.05, 0.1) is 0 Å². The molecule has 3 aromatic carbocycles. The van der Waals surface area contributed by atoms with Gasteiger partial charge in [0.1, 0.15) is 11.8 Å². The summed E-state index contributed by atoms with van der Waals surface area (Å²) in [6.07, 6.45) is 1.22. The fraction of sp³-hybridized carbons (Fsp3) is 0.355. The molecular weight excluding hydrogens is 528 g/mol. The van der Waals surface area contributed by atoms with E-state index in [0.29, 0.717) is 24.6 Å². The van der Waals surface area contributed by atoms with Crippen molar-refractivity contribution in [2.75, 3.05) is 6.61 Å². The van der Waals surface area contributed by atoms with E-state index in [4.69, 9.17) is 4.74 Å². The normalized spacial score (nSPS) is 12.6. The minimum absolute atomic E-state index is 0.00567. The second-order valence-corrected chi connectivity index (χ2v) is 10.6. The lowest BCUT2D eigenvalue weighted by Gasteiger charge is -2.32. The van der Waals surface area contributed by atoms with Gasteiger partial charge in [0.15, 0.2) is 6.61 Å². The van der Waals surface area contributed by atoms with E-state index in [9.17, 15) is 9.59 Å². The molecule has 5 nitrogen and oxygen atoms in total. The Labute approximate surface area is 229 Å². The standard InChI is InChI=1S/C31H37BrN2O3/c1-5-23(4)33-31(36)29(19-24-9-7-6-8-10-24)34(20-25-11-15-27(32)16-12-25)30(35)21-37-28-17-13-26(14-18-28)22(2)3/h6-18,22-23,29H,5,19-21H2,1-4H3,(H,33,36)/t23-,29-/m1/s1. The summed E-state index contributed by atoms with van der Waals surface area (Å²) in [5.74, 6) is 0.644. The molecular formula is C31H37BrN2O3. The van der Waals surface area contributed by atoms with E-state index in [1.807, 2.05) is 92.7 Å². The molecule has 2 atom stereocenters. The lowest BCUT2D eigenvalue weighted by atomic mass is 10.0. The molecule has 3 aromatic rings. The van der Waals surface area contributed by atoms with Crippen LogP contribution < -0.4 is 10.1 Å². The summed E-state index contributed by atoms with van der Waals surface area (Å²) in [7, 11) is 0. The molecule has 0 fully saturated rings. The Morgan fingerprint density at radius 3 is 2.14 bits per heavy atom. The van der Waals surface area contributed by atoms with Crippen LogP contribution in [0.2, 0.25) is 0 Å². The third kappa shape index (κ3) is 8.74. The smallest absolute Gasteiger partial charge is 0.261 e. The molecule has 37 heavy (non-hydrogen) atoms. The molecule has 0 unspecified atom stereocenters. The molecule has 3 rings (SSSR count). The van der Waals surface area contributed by atoms with Crippen molar-refractivity contribution < 1.29 is 14.3 Å². The monoisotopic (exact) mass is 564 g/mol. The molecule has 6 heteroatoms. The highest BCUT2D eigenvalue weighted by Crippen LogP contribution is 2.20. The number of ether oxygens (including phenoxy) is 1. The van der Waals surface area contributed by atoms with Gasteiger partial charge in [-0.15, -0.1) is 0 Å². The van der Waals surface area contributed by atoms with E-state index in [2.05, 4.69) is 35.1 Å². The number of halogens is 1. The summed E-state index contributed by atoms with van der Waals surface area (Å²) in [6, 6.07) is 24.7. The summed E-state index contributed by atoms with van der Waals surface area (Å²) < 4.78 is 6.85. The highest BCUT2D eigenvalue weighted by Gasteiger charge is 2.31. The van der Waals surface area contributed by atoms with E-state index in [0.717, 1.165) is 22.0 Å². The van der Waals surface area contributed by atoms with E-state index in [-0.39, 0.29) is 24.5 Å². The first-order valence-electron chi connectivity index (χ1n) is 12.9. The molecule has 1 N–H and O–H groups in total. The van der Waals surface area contributed by atoms with E-state index in [1.54, 1.807) is 4.90 Å². The summed E-state index contributed by atoms with van der Waals surface area (Å²) in [5, 5.41) is 3.09. The van der Waals surface area contributed by atoms with Gasteiger partial charge in [-0.25, -0.2) is 0 Å². The van der Waals surface area contributed by atoms with Crippen LogP contribution >= 0.6 is 15.9 Å². The van der Waals surface area contributed by atoms with Crippen molar-refractivity contribution in [1.29, 1.82) is 0 Å². The van der Waals surface area contributed by atoms with Crippen LogP contribution in [-0.2, 0) is 22.6 Å². The number of benzene rings is 3. The van der Waals surface area contributed by atoms with Gasteiger partial charge in [0.25, 0.3) is 5.91 Å². The lowest BCUT2D eigenvalue weighted by molar-refractivity contribution is -0.143. The second-order valence-electron chi connectivity index (χ2n) is 9.68. The Morgan fingerprint density at radius 1 is 0.892 bits per heavy atom. The molecule has 196 valence electrons. The Morgan fingerprint density at radius 2 is 1.54 bits per heavy atom. The van der Waals surface area contributed by atoms with E-state index >= 15 is 0 Å². The number of hydrogen-bond acceptors (Lipinski definition) is 3. The molecule has 0 heterocycles. The zero-order chi connectivity index (χ0) is 26.8. The number of amides is 2. The van der Waals surface area contributed by atoms with Gasteiger partial charge < -0.3 is 15.0 Å². The molecule has 0 bridgehead atoms. The van der Waals surface area contributed by atoms with E-state index in [1.165, 1.54) is 5.56 Å². The van der Waals surface area contributed by atoms with Crippen molar-refractivity contribution in [3.63, 3.8) is 0 Å². The van der Waals surface area contributed by atoms with Crippen LogP contribution in [-0.4, -0.2) is 35.4 Å². The summed E-state index contributed by atoms with van der Waals surface area (Å²) >= 11 is 3.47. The maximum atomic E-state index is 13.7. The van der Waals surface area contributed by atoms with Crippen LogP contribution in [0.25, 0.3) is 0 Å². The van der Waals surface area contributed by atoms with Crippen molar-refractivity contribution in [1.82, 2.24) is 10.2 Å². The average molecular weight is 566 g/mol. The lowest BCUT2D eigenvalue weighted by Crippen LogP contribution is -2.53. The highest BCUT2D eigenvalue weighted by atomic mass is 79.9. The van der Waals surface area contributed by atoms with Gasteiger partial charge in [-0.2, -0.15) is 0 Å². The predicted octanol–water partition coefficient (Wildman–Crippen LogP) is 6.51. The average Bonchev–Trinajstić information content (AvgIpc) is 2.91. The van der Waals surface area contributed by atoms with Crippen LogP contribution in [0.1, 0.15) is 56.7 Å². The predicted molar refractivity (Wildman–Crippen MR) is 153 cm³/mol. The van der Waals surface area contributed by atoms with Gasteiger partial charge in [-0.1, -0.05) is 91.3 Å². The van der Waals surface area contributed by atoms with Crippen molar-refractivity contribution >= 4 is 27.7 Å². The molecule has 0 aliphatic carbocycles.